The van der Waals surface area contributed by atoms with E-state index in [0.29, 0.717) is 6.54 Å². The minimum absolute atomic E-state index is 0.0936. The van der Waals surface area contributed by atoms with Gasteiger partial charge in [-0.25, -0.2) is 0 Å². The molecule has 4 nitrogen and oxygen atoms in total. The number of pyridine rings is 1. The second-order valence-electron chi connectivity index (χ2n) is 3.72. The molecule has 84 valence electrons. The standard InChI is InChI=1S/C11H18N2O2/c1-8-7-10(14)13(6-4-5-12-3)11(15)9(8)2/h7,12,15H,4-6H2,1-3H3. The molecule has 0 saturated carbocycles. The van der Waals surface area contributed by atoms with Gasteiger partial charge >= 0.3 is 0 Å². The fraction of sp³-hybridized carbons (Fsp3) is 0.545. The fourth-order valence-corrected chi connectivity index (χ4v) is 1.48. The Balaban J connectivity index is 2.97. The smallest absolute Gasteiger partial charge is 0.253 e. The summed E-state index contributed by atoms with van der Waals surface area (Å²) in [5.41, 5.74) is 1.48. The van der Waals surface area contributed by atoms with E-state index in [1.165, 1.54) is 4.57 Å². The zero-order chi connectivity index (χ0) is 11.4. The number of hydrogen-bond acceptors (Lipinski definition) is 3. The van der Waals surface area contributed by atoms with Crippen LogP contribution in [0.1, 0.15) is 17.5 Å². The minimum atomic E-state index is -0.133. The Morgan fingerprint density at radius 3 is 2.73 bits per heavy atom. The van der Waals surface area contributed by atoms with Gasteiger partial charge in [0, 0.05) is 18.2 Å². The number of aromatic nitrogens is 1. The SMILES string of the molecule is CNCCCn1c(O)c(C)c(C)cc1=O. The summed E-state index contributed by atoms with van der Waals surface area (Å²) in [6, 6.07) is 1.56. The van der Waals surface area contributed by atoms with Gasteiger partial charge in [-0.1, -0.05) is 0 Å². The third-order valence-electron chi connectivity index (χ3n) is 2.60. The molecule has 0 spiro atoms. The fourth-order valence-electron chi connectivity index (χ4n) is 1.48. The van der Waals surface area contributed by atoms with Crippen molar-refractivity contribution >= 4 is 0 Å². The highest BCUT2D eigenvalue weighted by molar-refractivity contribution is 5.32. The summed E-state index contributed by atoms with van der Waals surface area (Å²) in [6.07, 6.45) is 0.826. The lowest BCUT2D eigenvalue weighted by Crippen LogP contribution is -2.22. The van der Waals surface area contributed by atoms with E-state index >= 15 is 0 Å². The molecule has 4 heteroatoms. The predicted molar refractivity (Wildman–Crippen MR) is 60.4 cm³/mol. The van der Waals surface area contributed by atoms with Crippen LogP contribution in [0.4, 0.5) is 0 Å². The molecule has 0 atom stereocenters. The van der Waals surface area contributed by atoms with Gasteiger partial charge in [0.2, 0.25) is 0 Å². The summed E-state index contributed by atoms with van der Waals surface area (Å²) in [5, 5.41) is 12.8. The number of aryl methyl sites for hydroxylation is 1. The first-order valence-corrected chi connectivity index (χ1v) is 5.12. The van der Waals surface area contributed by atoms with Gasteiger partial charge in [0.05, 0.1) is 0 Å². The van der Waals surface area contributed by atoms with Crippen LogP contribution in [0.15, 0.2) is 10.9 Å². The summed E-state index contributed by atoms with van der Waals surface area (Å²) < 4.78 is 1.42. The summed E-state index contributed by atoms with van der Waals surface area (Å²) in [7, 11) is 1.86. The van der Waals surface area contributed by atoms with Crippen LogP contribution in [0.5, 0.6) is 5.88 Å². The van der Waals surface area contributed by atoms with Crippen molar-refractivity contribution in [3.8, 4) is 5.88 Å². The highest BCUT2D eigenvalue weighted by atomic mass is 16.3. The van der Waals surface area contributed by atoms with Crippen molar-refractivity contribution in [1.29, 1.82) is 0 Å². The molecule has 1 aromatic heterocycles. The van der Waals surface area contributed by atoms with Crippen molar-refractivity contribution in [3.05, 3.63) is 27.5 Å². The van der Waals surface area contributed by atoms with Gasteiger partial charge in [-0.2, -0.15) is 0 Å². The largest absolute Gasteiger partial charge is 0.494 e. The van der Waals surface area contributed by atoms with E-state index in [1.54, 1.807) is 6.07 Å². The van der Waals surface area contributed by atoms with Crippen molar-refractivity contribution in [1.82, 2.24) is 9.88 Å². The van der Waals surface area contributed by atoms with E-state index in [0.717, 1.165) is 24.1 Å². The first-order chi connectivity index (χ1) is 7.07. The van der Waals surface area contributed by atoms with Gasteiger partial charge in [-0.3, -0.25) is 9.36 Å². The predicted octanol–water partition coefficient (Wildman–Crippen LogP) is 0.780. The second-order valence-corrected chi connectivity index (χ2v) is 3.72. The summed E-state index contributed by atoms with van der Waals surface area (Å²) in [6.45, 7) is 5.03. The van der Waals surface area contributed by atoms with Gasteiger partial charge < -0.3 is 10.4 Å². The molecule has 1 aromatic rings. The molecule has 2 N–H and O–H groups in total. The molecule has 0 aliphatic carbocycles. The van der Waals surface area contributed by atoms with E-state index in [2.05, 4.69) is 5.32 Å². The quantitative estimate of drug-likeness (QED) is 0.722. The maximum absolute atomic E-state index is 11.6. The maximum Gasteiger partial charge on any atom is 0.253 e. The molecule has 0 aliphatic heterocycles. The van der Waals surface area contributed by atoms with Gasteiger partial charge in [0.15, 0.2) is 5.88 Å². The average Bonchev–Trinajstić information content (AvgIpc) is 2.20. The topological polar surface area (TPSA) is 54.3 Å². The second kappa shape index (κ2) is 4.98. The highest BCUT2D eigenvalue weighted by Crippen LogP contribution is 2.16. The molecule has 0 saturated heterocycles. The van der Waals surface area contributed by atoms with Crippen molar-refractivity contribution in [2.24, 2.45) is 0 Å². The molecular formula is C11H18N2O2. The van der Waals surface area contributed by atoms with Crippen LogP contribution < -0.4 is 10.9 Å². The molecule has 0 bridgehead atoms. The molecular weight excluding hydrogens is 192 g/mol. The Morgan fingerprint density at radius 2 is 2.13 bits per heavy atom. The Hall–Kier alpha value is -1.29. The van der Waals surface area contributed by atoms with Crippen LogP contribution in [0.3, 0.4) is 0 Å². The monoisotopic (exact) mass is 210 g/mol. The molecule has 0 radical (unpaired) electrons. The minimum Gasteiger partial charge on any atom is -0.494 e. The molecule has 0 aliphatic rings. The molecule has 0 amide bonds. The van der Waals surface area contributed by atoms with Crippen LogP contribution in [0.25, 0.3) is 0 Å². The van der Waals surface area contributed by atoms with Crippen LogP contribution in [-0.2, 0) is 6.54 Å². The maximum atomic E-state index is 11.6. The molecule has 0 unspecified atom stereocenters. The van der Waals surface area contributed by atoms with E-state index in [4.69, 9.17) is 0 Å². The lowest BCUT2D eigenvalue weighted by atomic mass is 10.1. The van der Waals surface area contributed by atoms with E-state index in [9.17, 15) is 9.90 Å². The van der Waals surface area contributed by atoms with Gasteiger partial charge in [-0.05, 0) is 39.4 Å². The van der Waals surface area contributed by atoms with E-state index in [1.807, 2.05) is 20.9 Å². The molecule has 15 heavy (non-hydrogen) atoms. The first-order valence-electron chi connectivity index (χ1n) is 5.12. The summed E-state index contributed by atoms with van der Waals surface area (Å²) in [5.74, 6) is 0.0936. The van der Waals surface area contributed by atoms with Gasteiger partial charge in [0.1, 0.15) is 0 Å². The van der Waals surface area contributed by atoms with Crippen LogP contribution >= 0.6 is 0 Å². The number of aromatic hydroxyl groups is 1. The van der Waals surface area contributed by atoms with Crippen molar-refractivity contribution in [2.45, 2.75) is 26.8 Å². The Morgan fingerprint density at radius 1 is 1.47 bits per heavy atom. The Labute approximate surface area is 89.6 Å². The first kappa shape index (κ1) is 11.8. The molecule has 1 heterocycles. The van der Waals surface area contributed by atoms with Gasteiger partial charge in [-0.15, -0.1) is 0 Å². The Kier molecular flexibility index (Phi) is 3.91. The lowest BCUT2D eigenvalue weighted by Gasteiger charge is -2.11. The van der Waals surface area contributed by atoms with Crippen molar-refractivity contribution in [3.63, 3.8) is 0 Å². The van der Waals surface area contributed by atoms with Crippen LogP contribution in [0.2, 0.25) is 0 Å². The third kappa shape index (κ3) is 2.59. The lowest BCUT2D eigenvalue weighted by molar-refractivity contribution is 0.396. The van der Waals surface area contributed by atoms with Crippen LogP contribution in [-0.4, -0.2) is 23.3 Å². The number of rotatable bonds is 4. The molecule has 1 rings (SSSR count). The Bertz CT molecular complexity index is 396. The highest BCUT2D eigenvalue weighted by Gasteiger charge is 2.08. The zero-order valence-electron chi connectivity index (χ0n) is 9.50. The van der Waals surface area contributed by atoms with Crippen molar-refractivity contribution in [2.75, 3.05) is 13.6 Å². The zero-order valence-corrected chi connectivity index (χ0v) is 9.50. The number of hydrogen-bond donors (Lipinski definition) is 2. The molecule has 0 aromatic carbocycles. The third-order valence-corrected chi connectivity index (χ3v) is 2.60. The number of nitrogens with one attached hydrogen (secondary N) is 1. The summed E-state index contributed by atoms with van der Waals surface area (Å²) >= 11 is 0. The molecule has 0 fully saturated rings. The van der Waals surface area contributed by atoms with E-state index < -0.39 is 0 Å². The summed E-state index contributed by atoms with van der Waals surface area (Å²) in [4.78, 5) is 11.6. The normalized spacial score (nSPS) is 10.6. The van der Waals surface area contributed by atoms with E-state index in [-0.39, 0.29) is 11.4 Å². The van der Waals surface area contributed by atoms with Gasteiger partial charge in [0.25, 0.3) is 5.56 Å². The van der Waals surface area contributed by atoms with Crippen LogP contribution in [0, 0.1) is 13.8 Å². The van der Waals surface area contributed by atoms with Crippen molar-refractivity contribution < 1.29 is 5.11 Å². The average molecular weight is 210 g/mol. The number of nitrogens with zero attached hydrogens (tertiary/aromatic N) is 1.